The summed E-state index contributed by atoms with van der Waals surface area (Å²) < 4.78 is 2.88. The summed E-state index contributed by atoms with van der Waals surface area (Å²) >= 11 is 3.32. The van der Waals surface area contributed by atoms with Gasteiger partial charge in [-0.3, -0.25) is 0 Å². The van der Waals surface area contributed by atoms with E-state index in [1.54, 1.807) is 0 Å². The molecular weight excluding hydrogens is 206 g/mol. The number of imidazole rings is 1. The highest BCUT2D eigenvalue weighted by molar-refractivity contribution is 9.10. The maximum Gasteiger partial charge on any atom is 0.203 e. The zero-order chi connectivity index (χ0) is 7.84. The van der Waals surface area contributed by atoms with Crippen molar-refractivity contribution >= 4 is 21.9 Å². The third-order valence-electron chi connectivity index (χ3n) is 1.76. The second-order valence-corrected chi connectivity index (χ2v) is 3.73. The number of nitrogens with one attached hydrogen (secondary N) is 1. The monoisotopic (exact) mass is 215 g/mol. The van der Waals surface area contributed by atoms with Gasteiger partial charge in [0.15, 0.2) is 0 Å². The standard InChI is InChI=1S/C7H10BrN3/c1-11-4-6(8)10-7(11)9-5-2-3-5/h4-5H,2-3H2,1H3,(H,9,10). The fourth-order valence-corrected chi connectivity index (χ4v) is 1.45. The number of rotatable bonds is 2. The van der Waals surface area contributed by atoms with E-state index in [2.05, 4.69) is 26.2 Å². The van der Waals surface area contributed by atoms with Crippen LogP contribution in [0.2, 0.25) is 0 Å². The van der Waals surface area contributed by atoms with Gasteiger partial charge in [-0.2, -0.15) is 0 Å². The molecule has 1 aromatic rings. The third kappa shape index (κ3) is 1.56. The van der Waals surface area contributed by atoms with Crippen molar-refractivity contribution in [1.82, 2.24) is 9.55 Å². The predicted molar refractivity (Wildman–Crippen MR) is 47.6 cm³/mol. The minimum atomic E-state index is 0.669. The Bertz CT molecular complexity index is 265. The Hall–Kier alpha value is -0.510. The molecular formula is C7H10BrN3. The van der Waals surface area contributed by atoms with Crippen molar-refractivity contribution in [3.8, 4) is 0 Å². The molecule has 4 heteroatoms. The van der Waals surface area contributed by atoms with E-state index in [1.807, 2.05) is 17.8 Å². The molecule has 1 heterocycles. The topological polar surface area (TPSA) is 29.9 Å². The highest BCUT2D eigenvalue weighted by Gasteiger charge is 2.22. The number of aromatic nitrogens is 2. The molecule has 0 radical (unpaired) electrons. The molecule has 0 unspecified atom stereocenters. The van der Waals surface area contributed by atoms with Crippen LogP contribution >= 0.6 is 15.9 Å². The number of halogens is 1. The molecule has 1 saturated carbocycles. The van der Waals surface area contributed by atoms with Crippen LogP contribution in [0.1, 0.15) is 12.8 Å². The Morgan fingerprint density at radius 3 is 2.91 bits per heavy atom. The van der Waals surface area contributed by atoms with Gasteiger partial charge in [-0.05, 0) is 28.8 Å². The molecule has 0 saturated heterocycles. The zero-order valence-corrected chi connectivity index (χ0v) is 7.93. The van der Waals surface area contributed by atoms with Crippen LogP contribution in [-0.2, 0) is 7.05 Å². The van der Waals surface area contributed by atoms with Gasteiger partial charge in [-0.1, -0.05) is 0 Å². The largest absolute Gasteiger partial charge is 0.353 e. The van der Waals surface area contributed by atoms with E-state index in [-0.39, 0.29) is 0 Å². The molecule has 1 N–H and O–H groups in total. The Balaban J connectivity index is 2.14. The SMILES string of the molecule is Cn1cc(Br)nc1NC1CC1. The van der Waals surface area contributed by atoms with Crippen molar-refractivity contribution < 1.29 is 0 Å². The molecule has 11 heavy (non-hydrogen) atoms. The van der Waals surface area contributed by atoms with E-state index in [9.17, 15) is 0 Å². The van der Waals surface area contributed by atoms with Crippen molar-refractivity contribution in [1.29, 1.82) is 0 Å². The van der Waals surface area contributed by atoms with Crippen molar-refractivity contribution in [3.63, 3.8) is 0 Å². The molecule has 1 fully saturated rings. The predicted octanol–water partition coefficient (Wildman–Crippen LogP) is 1.76. The highest BCUT2D eigenvalue weighted by atomic mass is 79.9. The van der Waals surface area contributed by atoms with Crippen LogP contribution in [0.5, 0.6) is 0 Å². The first-order valence-corrected chi connectivity index (χ1v) is 4.50. The third-order valence-corrected chi connectivity index (χ3v) is 2.14. The molecule has 0 atom stereocenters. The lowest BCUT2D eigenvalue weighted by Gasteiger charge is -2.01. The smallest absolute Gasteiger partial charge is 0.203 e. The Morgan fingerprint density at radius 1 is 1.73 bits per heavy atom. The summed E-state index contributed by atoms with van der Waals surface area (Å²) in [5.41, 5.74) is 0. The molecule has 1 aliphatic rings. The van der Waals surface area contributed by atoms with Crippen molar-refractivity contribution in [2.45, 2.75) is 18.9 Å². The number of nitrogens with zero attached hydrogens (tertiary/aromatic N) is 2. The lowest BCUT2D eigenvalue weighted by atomic mass is 10.7. The van der Waals surface area contributed by atoms with E-state index >= 15 is 0 Å². The molecule has 2 rings (SSSR count). The Kier molecular flexibility index (Phi) is 1.64. The van der Waals surface area contributed by atoms with Gasteiger partial charge in [0.05, 0.1) is 0 Å². The van der Waals surface area contributed by atoms with Crippen LogP contribution in [0.15, 0.2) is 10.8 Å². The summed E-state index contributed by atoms with van der Waals surface area (Å²) in [5.74, 6) is 0.958. The van der Waals surface area contributed by atoms with Crippen LogP contribution in [-0.4, -0.2) is 15.6 Å². The Labute approximate surface area is 73.9 Å². The molecule has 1 aromatic heterocycles. The number of hydrogen-bond acceptors (Lipinski definition) is 2. The molecule has 0 aromatic carbocycles. The summed E-state index contributed by atoms with van der Waals surface area (Å²) in [7, 11) is 1.99. The van der Waals surface area contributed by atoms with Gasteiger partial charge in [0, 0.05) is 19.3 Å². The lowest BCUT2D eigenvalue weighted by molar-refractivity contribution is 0.899. The van der Waals surface area contributed by atoms with Crippen LogP contribution in [0.3, 0.4) is 0 Å². The molecule has 0 spiro atoms. The summed E-state index contributed by atoms with van der Waals surface area (Å²) in [4.78, 5) is 4.26. The molecule has 3 nitrogen and oxygen atoms in total. The van der Waals surface area contributed by atoms with Gasteiger partial charge in [0.1, 0.15) is 4.60 Å². The number of anilines is 1. The second-order valence-electron chi connectivity index (χ2n) is 2.92. The fourth-order valence-electron chi connectivity index (χ4n) is 0.974. The lowest BCUT2D eigenvalue weighted by Crippen LogP contribution is -2.05. The van der Waals surface area contributed by atoms with Gasteiger partial charge in [0.25, 0.3) is 0 Å². The van der Waals surface area contributed by atoms with E-state index < -0.39 is 0 Å². The van der Waals surface area contributed by atoms with Crippen LogP contribution in [0.25, 0.3) is 0 Å². The molecule has 0 aliphatic heterocycles. The normalized spacial score (nSPS) is 16.9. The number of aryl methyl sites for hydroxylation is 1. The highest BCUT2D eigenvalue weighted by Crippen LogP contribution is 2.24. The summed E-state index contributed by atoms with van der Waals surface area (Å²) in [6.07, 6.45) is 4.51. The maximum absolute atomic E-state index is 4.26. The van der Waals surface area contributed by atoms with E-state index in [4.69, 9.17) is 0 Å². The van der Waals surface area contributed by atoms with Crippen LogP contribution in [0, 0.1) is 0 Å². The minimum absolute atomic E-state index is 0.669. The molecule has 0 amide bonds. The first-order valence-electron chi connectivity index (χ1n) is 3.71. The number of hydrogen-bond donors (Lipinski definition) is 1. The van der Waals surface area contributed by atoms with E-state index in [0.717, 1.165) is 10.6 Å². The van der Waals surface area contributed by atoms with Crippen molar-refractivity contribution in [2.75, 3.05) is 5.32 Å². The van der Waals surface area contributed by atoms with Gasteiger partial charge in [-0.25, -0.2) is 4.98 Å². The zero-order valence-electron chi connectivity index (χ0n) is 6.34. The van der Waals surface area contributed by atoms with Crippen molar-refractivity contribution in [3.05, 3.63) is 10.8 Å². The summed E-state index contributed by atoms with van der Waals surface area (Å²) in [5, 5.41) is 3.33. The average molecular weight is 216 g/mol. The van der Waals surface area contributed by atoms with Crippen LogP contribution in [0.4, 0.5) is 5.95 Å². The van der Waals surface area contributed by atoms with Gasteiger partial charge >= 0.3 is 0 Å². The summed E-state index contributed by atoms with van der Waals surface area (Å²) in [6.45, 7) is 0. The van der Waals surface area contributed by atoms with E-state index in [1.165, 1.54) is 12.8 Å². The first kappa shape index (κ1) is 7.16. The minimum Gasteiger partial charge on any atom is -0.353 e. The van der Waals surface area contributed by atoms with Crippen molar-refractivity contribution in [2.24, 2.45) is 7.05 Å². The van der Waals surface area contributed by atoms with Gasteiger partial charge < -0.3 is 9.88 Å². The fraction of sp³-hybridized carbons (Fsp3) is 0.571. The maximum atomic E-state index is 4.26. The molecule has 1 aliphatic carbocycles. The van der Waals surface area contributed by atoms with Gasteiger partial charge in [-0.15, -0.1) is 0 Å². The van der Waals surface area contributed by atoms with Crippen LogP contribution < -0.4 is 5.32 Å². The Morgan fingerprint density at radius 2 is 2.45 bits per heavy atom. The molecule has 0 bridgehead atoms. The van der Waals surface area contributed by atoms with Gasteiger partial charge in [0.2, 0.25) is 5.95 Å². The average Bonchev–Trinajstić information content (AvgIpc) is 2.64. The summed E-state index contributed by atoms with van der Waals surface area (Å²) in [6, 6.07) is 0.669. The quantitative estimate of drug-likeness (QED) is 0.816. The molecule has 60 valence electrons. The first-order chi connectivity index (χ1) is 5.25. The van der Waals surface area contributed by atoms with E-state index in [0.29, 0.717) is 6.04 Å². The second kappa shape index (κ2) is 2.52.